The maximum Gasteiger partial charge on any atom is 0.246 e. The lowest BCUT2D eigenvalue weighted by atomic mass is 10.2. The topological polar surface area (TPSA) is 55.8 Å². The van der Waals surface area contributed by atoms with Gasteiger partial charge in [0.1, 0.15) is 18.1 Å². The predicted octanol–water partition coefficient (Wildman–Crippen LogP) is 3.09. The maximum atomic E-state index is 14.0. The van der Waals surface area contributed by atoms with E-state index in [2.05, 4.69) is 0 Å². The van der Waals surface area contributed by atoms with Crippen molar-refractivity contribution in [3.05, 3.63) is 53.3 Å². The highest BCUT2D eigenvalue weighted by Crippen LogP contribution is 2.32. The van der Waals surface area contributed by atoms with E-state index in [9.17, 15) is 21.6 Å². The SMILES string of the molecule is CCN(Cc1ccc2c(c1)OCCO2)S(=O)(=O)c1ccc(F)c(F)c1F. The van der Waals surface area contributed by atoms with Crippen LogP contribution in [0.3, 0.4) is 0 Å². The van der Waals surface area contributed by atoms with E-state index in [-0.39, 0.29) is 13.1 Å². The number of benzene rings is 2. The largest absolute Gasteiger partial charge is 0.486 e. The van der Waals surface area contributed by atoms with Crippen LogP contribution in [0.1, 0.15) is 12.5 Å². The molecule has 0 N–H and O–H groups in total. The Morgan fingerprint density at radius 1 is 1.00 bits per heavy atom. The highest BCUT2D eigenvalue weighted by molar-refractivity contribution is 7.89. The predicted molar refractivity (Wildman–Crippen MR) is 87.0 cm³/mol. The molecule has 0 saturated heterocycles. The van der Waals surface area contributed by atoms with E-state index in [1.165, 1.54) is 0 Å². The van der Waals surface area contributed by atoms with Gasteiger partial charge in [0.2, 0.25) is 10.0 Å². The quantitative estimate of drug-likeness (QED) is 0.740. The van der Waals surface area contributed by atoms with Crippen LogP contribution in [-0.4, -0.2) is 32.5 Å². The summed E-state index contributed by atoms with van der Waals surface area (Å²) in [5.41, 5.74) is 0.586. The van der Waals surface area contributed by atoms with Gasteiger partial charge in [0.15, 0.2) is 29.0 Å². The van der Waals surface area contributed by atoms with E-state index >= 15 is 0 Å². The second kappa shape index (κ2) is 7.16. The molecule has 0 spiro atoms. The molecule has 0 saturated carbocycles. The number of rotatable bonds is 5. The first-order chi connectivity index (χ1) is 12.3. The van der Waals surface area contributed by atoms with Gasteiger partial charge in [-0.15, -0.1) is 0 Å². The van der Waals surface area contributed by atoms with Gasteiger partial charge < -0.3 is 9.47 Å². The monoisotopic (exact) mass is 387 g/mol. The van der Waals surface area contributed by atoms with Gasteiger partial charge in [-0.1, -0.05) is 13.0 Å². The van der Waals surface area contributed by atoms with Crippen LogP contribution in [0.2, 0.25) is 0 Å². The molecule has 1 heterocycles. The van der Waals surface area contributed by atoms with Gasteiger partial charge in [-0.05, 0) is 29.8 Å². The van der Waals surface area contributed by atoms with Crippen molar-refractivity contribution < 1.29 is 31.1 Å². The fourth-order valence-electron chi connectivity index (χ4n) is 2.60. The molecular formula is C17H16F3NO4S. The average molecular weight is 387 g/mol. The van der Waals surface area contributed by atoms with Crippen molar-refractivity contribution in [2.24, 2.45) is 0 Å². The first kappa shape index (κ1) is 18.5. The summed E-state index contributed by atoms with van der Waals surface area (Å²) in [5, 5.41) is 0. The Balaban J connectivity index is 1.92. The van der Waals surface area contributed by atoms with Crippen molar-refractivity contribution in [3.63, 3.8) is 0 Å². The number of fused-ring (bicyclic) bond motifs is 1. The van der Waals surface area contributed by atoms with Gasteiger partial charge in [0, 0.05) is 13.1 Å². The Kier molecular flexibility index (Phi) is 5.10. The van der Waals surface area contributed by atoms with Crippen LogP contribution in [-0.2, 0) is 16.6 Å². The minimum absolute atomic E-state index is 0.00914. The van der Waals surface area contributed by atoms with Gasteiger partial charge in [0.05, 0.1) is 0 Å². The van der Waals surface area contributed by atoms with Crippen LogP contribution in [0.4, 0.5) is 13.2 Å². The molecule has 0 aromatic heterocycles. The number of hydrogen-bond acceptors (Lipinski definition) is 4. The highest BCUT2D eigenvalue weighted by Gasteiger charge is 2.29. The maximum absolute atomic E-state index is 14.0. The zero-order valence-corrected chi connectivity index (χ0v) is 14.7. The van der Waals surface area contributed by atoms with Crippen molar-refractivity contribution in [1.29, 1.82) is 0 Å². The Bertz CT molecular complexity index is 934. The molecule has 0 radical (unpaired) electrons. The summed E-state index contributed by atoms with van der Waals surface area (Å²) in [5.74, 6) is -3.96. The van der Waals surface area contributed by atoms with E-state index in [1.807, 2.05) is 0 Å². The van der Waals surface area contributed by atoms with Gasteiger partial charge in [-0.3, -0.25) is 0 Å². The first-order valence-corrected chi connectivity index (χ1v) is 9.30. The molecule has 2 aromatic rings. The molecule has 3 rings (SSSR count). The Morgan fingerprint density at radius 2 is 1.69 bits per heavy atom. The molecule has 0 atom stereocenters. The molecule has 5 nitrogen and oxygen atoms in total. The van der Waals surface area contributed by atoms with Crippen LogP contribution in [0.5, 0.6) is 11.5 Å². The van der Waals surface area contributed by atoms with Crippen LogP contribution in [0.15, 0.2) is 35.2 Å². The van der Waals surface area contributed by atoms with Crippen LogP contribution in [0.25, 0.3) is 0 Å². The summed E-state index contributed by atoms with van der Waals surface area (Å²) in [6.07, 6.45) is 0. The molecule has 0 amide bonds. The third-order valence-electron chi connectivity index (χ3n) is 3.94. The standard InChI is InChI=1S/C17H16F3NO4S/c1-2-21(10-11-3-5-13-14(9-11)25-8-7-24-13)26(22,23)15-6-4-12(18)16(19)17(15)20/h3-6,9H,2,7-8,10H2,1H3. The van der Waals surface area contributed by atoms with E-state index in [0.717, 1.165) is 10.4 Å². The van der Waals surface area contributed by atoms with Crippen molar-refractivity contribution in [3.8, 4) is 11.5 Å². The molecule has 0 bridgehead atoms. The lowest BCUT2D eigenvalue weighted by Gasteiger charge is -2.23. The van der Waals surface area contributed by atoms with E-state index in [4.69, 9.17) is 9.47 Å². The van der Waals surface area contributed by atoms with Crippen molar-refractivity contribution in [2.75, 3.05) is 19.8 Å². The number of hydrogen-bond donors (Lipinski definition) is 0. The number of nitrogens with zero attached hydrogens (tertiary/aromatic N) is 1. The first-order valence-electron chi connectivity index (χ1n) is 7.86. The summed E-state index contributed by atoms with van der Waals surface area (Å²) >= 11 is 0. The molecule has 2 aromatic carbocycles. The van der Waals surface area contributed by atoms with Gasteiger partial charge in [0.25, 0.3) is 0 Å². The number of ether oxygens (including phenoxy) is 2. The van der Waals surface area contributed by atoms with Crippen molar-refractivity contribution >= 4 is 10.0 Å². The van der Waals surface area contributed by atoms with Crippen LogP contribution < -0.4 is 9.47 Å². The molecule has 140 valence electrons. The fraction of sp³-hybridized carbons (Fsp3) is 0.294. The minimum atomic E-state index is -4.36. The molecule has 0 aliphatic carbocycles. The molecule has 1 aliphatic heterocycles. The summed E-state index contributed by atoms with van der Waals surface area (Å²) in [6, 6.07) is 6.25. The lowest BCUT2D eigenvalue weighted by molar-refractivity contribution is 0.171. The second-order valence-corrected chi connectivity index (χ2v) is 7.49. The van der Waals surface area contributed by atoms with Gasteiger partial charge in [-0.25, -0.2) is 21.6 Å². The molecule has 0 unspecified atom stereocenters. The summed E-state index contributed by atoms with van der Waals surface area (Å²) in [6.45, 7) is 2.29. The third kappa shape index (κ3) is 3.36. The third-order valence-corrected chi connectivity index (χ3v) is 5.87. The molecule has 9 heteroatoms. The normalized spacial score (nSPS) is 13.9. The minimum Gasteiger partial charge on any atom is -0.486 e. The van der Waals surface area contributed by atoms with Crippen molar-refractivity contribution in [1.82, 2.24) is 4.31 Å². The Hall–Kier alpha value is -2.26. The van der Waals surface area contributed by atoms with E-state index in [0.29, 0.717) is 36.3 Å². The molecule has 0 fully saturated rings. The van der Waals surface area contributed by atoms with Crippen LogP contribution in [0, 0.1) is 17.5 Å². The molecular weight excluding hydrogens is 371 g/mol. The van der Waals surface area contributed by atoms with Crippen LogP contribution >= 0.6 is 0 Å². The smallest absolute Gasteiger partial charge is 0.246 e. The number of halogens is 3. The Morgan fingerprint density at radius 3 is 2.38 bits per heavy atom. The fourth-order valence-corrected chi connectivity index (χ4v) is 4.10. The summed E-state index contributed by atoms with van der Waals surface area (Å²) in [4.78, 5) is -0.907. The van der Waals surface area contributed by atoms with E-state index in [1.54, 1.807) is 25.1 Å². The highest BCUT2D eigenvalue weighted by atomic mass is 32.2. The summed E-state index contributed by atoms with van der Waals surface area (Å²) < 4.78 is 77.7. The second-order valence-electron chi connectivity index (χ2n) is 5.58. The van der Waals surface area contributed by atoms with Crippen molar-refractivity contribution in [2.45, 2.75) is 18.4 Å². The van der Waals surface area contributed by atoms with E-state index < -0.39 is 32.4 Å². The van der Waals surface area contributed by atoms with Gasteiger partial charge in [-0.2, -0.15) is 4.31 Å². The zero-order valence-electron chi connectivity index (χ0n) is 13.8. The number of sulfonamides is 1. The zero-order chi connectivity index (χ0) is 18.9. The lowest BCUT2D eigenvalue weighted by Crippen LogP contribution is -2.31. The Labute approximate surface area is 149 Å². The average Bonchev–Trinajstić information content (AvgIpc) is 2.63. The molecule has 1 aliphatic rings. The van der Waals surface area contributed by atoms with Gasteiger partial charge >= 0.3 is 0 Å². The summed E-state index contributed by atoms with van der Waals surface area (Å²) in [7, 11) is -4.36. The molecule has 26 heavy (non-hydrogen) atoms.